The van der Waals surface area contributed by atoms with Crippen molar-refractivity contribution in [2.45, 2.75) is 85.9 Å². The summed E-state index contributed by atoms with van der Waals surface area (Å²) >= 11 is 0. The third-order valence-corrected chi connectivity index (χ3v) is 8.81. The van der Waals surface area contributed by atoms with E-state index in [1.807, 2.05) is 94.8 Å². The summed E-state index contributed by atoms with van der Waals surface area (Å²) in [5.41, 5.74) is 3.99. The van der Waals surface area contributed by atoms with Gasteiger partial charge in [0, 0.05) is 62.1 Å². The first kappa shape index (κ1) is 37.9. The van der Waals surface area contributed by atoms with Crippen molar-refractivity contribution in [2.24, 2.45) is 11.3 Å². The molecule has 2 heterocycles. The molecule has 0 atom stereocenters. The van der Waals surface area contributed by atoms with Crippen molar-refractivity contribution in [3.05, 3.63) is 54.1 Å². The molecule has 0 unspecified atom stereocenters. The van der Waals surface area contributed by atoms with Gasteiger partial charge in [0.2, 0.25) is 11.8 Å². The molecule has 266 valence electrons. The highest BCUT2D eigenvalue weighted by Gasteiger charge is 2.33. The Morgan fingerprint density at radius 1 is 0.939 bits per heavy atom. The monoisotopic (exact) mass is 675 g/mol. The summed E-state index contributed by atoms with van der Waals surface area (Å²) in [4.78, 5) is 41.0. The molecular weight excluding hydrogens is 622 g/mol. The standard InChI is InChI=1S/C38H53N5O6/c1-27(2)36(46)37(3,4)26-49-38(5,6)19-20-39-32(44)17-18-33(45)42-25-28-13-8-9-14-29(28)35-34(30-15-10-11-16-31(30)42)40-41-43(35)21-12-22-48-24-23-47-7/h8-11,13-16,27H,12,17-26H2,1-7H3,(H,39,44). The maximum atomic E-state index is 13.9. The number of amides is 2. The maximum absolute atomic E-state index is 13.9. The van der Waals surface area contributed by atoms with Crippen molar-refractivity contribution in [3.63, 3.8) is 0 Å². The number of fused-ring (bicyclic) bond motifs is 5. The zero-order chi connectivity index (χ0) is 35.6. The Morgan fingerprint density at radius 3 is 2.39 bits per heavy atom. The average molecular weight is 676 g/mol. The Balaban J connectivity index is 1.41. The predicted octanol–water partition coefficient (Wildman–Crippen LogP) is 5.84. The van der Waals surface area contributed by atoms with Gasteiger partial charge in [-0.25, -0.2) is 4.68 Å². The number of aromatic nitrogens is 3. The van der Waals surface area contributed by atoms with Crippen LogP contribution in [0.3, 0.4) is 0 Å². The molecule has 0 aliphatic carbocycles. The van der Waals surface area contributed by atoms with Gasteiger partial charge in [0.1, 0.15) is 11.5 Å². The molecule has 49 heavy (non-hydrogen) atoms. The van der Waals surface area contributed by atoms with Crippen molar-refractivity contribution < 1.29 is 28.6 Å². The number of hydrogen-bond donors (Lipinski definition) is 1. The van der Waals surface area contributed by atoms with Gasteiger partial charge in [0.05, 0.1) is 43.3 Å². The number of aryl methyl sites for hydroxylation is 1. The molecule has 0 radical (unpaired) electrons. The van der Waals surface area contributed by atoms with Crippen LogP contribution in [0.25, 0.3) is 22.5 Å². The third-order valence-electron chi connectivity index (χ3n) is 8.81. The van der Waals surface area contributed by atoms with Gasteiger partial charge in [-0.15, -0.1) is 5.10 Å². The second kappa shape index (κ2) is 17.1. The highest BCUT2D eigenvalue weighted by Crippen LogP contribution is 2.41. The topological polar surface area (TPSA) is 125 Å². The number of hydrogen-bond acceptors (Lipinski definition) is 8. The van der Waals surface area contributed by atoms with E-state index in [-0.39, 0.29) is 36.4 Å². The Hall–Kier alpha value is -3.93. The van der Waals surface area contributed by atoms with Crippen LogP contribution < -0.4 is 10.2 Å². The fourth-order valence-electron chi connectivity index (χ4n) is 6.00. The van der Waals surface area contributed by atoms with Crippen LogP contribution in [0.15, 0.2) is 48.5 Å². The lowest BCUT2D eigenvalue weighted by atomic mass is 9.83. The number of nitrogens with one attached hydrogen (secondary N) is 1. The number of Topliss-reactive ketones (excluding diaryl/α,β-unsaturated/α-hetero) is 1. The van der Waals surface area contributed by atoms with E-state index in [0.717, 1.165) is 34.5 Å². The first-order valence-corrected chi connectivity index (χ1v) is 17.3. The van der Waals surface area contributed by atoms with Crippen LogP contribution in [0.4, 0.5) is 5.69 Å². The lowest BCUT2D eigenvalue weighted by Crippen LogP contribution is -2.39. The minimum atomic E-state index is -0.585. The minimum Gasteiger partial charge on any atom is -0.382 e. The number of para-hydroxylation sites is 1. The summed E-state index contributed by atoms with van der Waals surface area (Å²) in [5.74, 6) is -0.250. The van der Waals surface area contributed by atoms with Crippen molar-refractivity contribution in [2.75, 3.05) is 45.0 Å². The fraction of sp³-hybridized carbons (Fsp3) is 0.553. The van der Waals surface area contributed by atoms with Crippen molar-refractivity contribution >= 4 is 23.3 Å². The number of nitrogens with zero attached hydrogens (tertiary/aromatic N) is 4. The van der Waals surface area contributed by atoms with Gasteiger partial charge in [-0.1, -0.05) is 75.4 Å². The largest absolute Gasteiger partial charge is 0.382 e. The number of ether oxygens (including phenoxy) is 3. The molecule has 1 aliphatic heterocycles. The summed E-state index contributed by atoms with van der Waals surface area (Å²) in [7, 11) is 1.65. The number of ketones is 1. The van der Waals surface area contributed by atoms with Crippen LogP contribution in [0, 0.1) is 11.3 Å². The van der Waals surface area contributed by atoms with Crippen LogP contribution in [0.2, 0.25) is 0 Å². The Labute approximate surface area is 290 Å². The van der Waals surface area contributed by atoms with E-state index in [1.165, 1.54) is 0 Å². The average Bonchev–Trinajstić information content (AvgIpc) is 3.48. The van der Waals surface area contributed by atoms with E-state index in [1.54, 1.807) is 12.0 Å². The molecule has 11 nitrogen and oxygen atoms in total. The van der Waals surface area contributed by atoms with E-state index < -0.39 is 11.0 Å². The Morgan fingerprint density at radius 2 is 1.65 bits per heavy atom. The second-order valence-electron chi connectivity index (χ2n) is 14.2. The van der Waals surface area contributed by atoms with Gasteiger partial charge in [-0.05, 0) is 38.3 Å². The number of anilines is 1. The van der Waals surface area contributed by atoms with E-state index in [0.29, 0.717) is 58.2 Å². The summed E-state index contributed by atoms with van der Waals surface area (Å²) in [6.07, 6.45) is 1.44. The van der Waals surface area contributed by atoms with Crippen LogP contribution >= 0.6 is 0 Å². The van der Waals surface area contributed by atoms with Gasteiger partial charge in [0.15, 0.2) is 0 Å². The van der Waals surface area contributed by atoms with Crippen LogP contribution in [-0.2, 0) is 41.7 Å². The van der Waals surface area contributed by atoms with Crippen molar-refractivity contribution in [1.82, 2.24) is 20.3 Å². The zero-order valence-electron chi connectivity index (χ0n) is 30.2. The van der Waals surface area contributed by atoms with Crippen molar-refractivity contribution in [3.8, 4) is 22.5 Å². The van der Waals surface area contributed by atoms with Crippen LogP contribution in [0.1, 0.15) is 72.8 Å². The highest BCUT2D eigenvalue weighted by molar-refractivity contribution is 6.01. The molecule has 1 aliphatic rings. The summed E-state index contributed by atoms with van der Waals surface area (Å²) in [5, 5.41) is 12.1. The first-order chi connectivity index (χ1) is 23.3. The Kier molecular flexibility index (Phi) is 13.2. The molecule has 4 rings (SSSR count). The van der Waals surface area contributed by atoms with Crippen LogP contribution in [-0.4, -0.2) is 78.3 Å². The van der Waals surface area contributed by atoms with Gasteiger partial charge in [-0.2, -0.15) is 0 Å². The van der Waals surface area contributed by atoms with E-state index in [4.69, 9.17) is 14.2 Å². The highest BCUT2D eigenvalue weighted by atomic mass is 16.5. The van der Waals surface area contributed by atoms with Gasteiger partial charge < -0.3 is 24.4 Å². The molecule has 2 aromatic carbocycles. The van der Waals surface area contributed by atoms with Crippen LogP contribution in [0.5, 0.6) is 0 Å². The number of rotatable bonds is 18. The normalized spacial score (nSPS) is 12.9. The quantitative estimate of drug-likeness (QED) is 0.167. The molecule has 3 aromatic rings. The van der Waals surface area contributed by atoms with Gasteiger partial charge >= 0.3 is 0 Å². The summed E-state index contributed by atoms with van der Waals surface area (Å²) in [6, 6.07) is 15.7. The maximum Gasteiger partial charge on any atom is 0.227 e. The Bertz CT molecular complexity index is 1580. The third kappa shape index (κ3) is 10.1. The number of carbonyl (C=O) groups is 3. The molecule has 0 spiro atoms. The minimum absolute atomic E-state index is 0.0519. The molecule has 1 aromatic heterocycles. The van der Waals surface area contributed by atoms with E-state index >= 15 is 0 Å². The molecule has 0 saturated heterocycles. The summed E-state index contributed by atoms with van der Waals surface area (Å²) < 4.78 is 18.8. The lowest BCUT2D eigenvalue weighted by Gasteiger charge is -2.32. The number of methoxy groups -OCH3 is 1. The SMILES string of the molecule is COCCOCCCn1nnc2c1-c1ccccc1CN(C(=O)CCC(=O)NCCC(C)(C)OCC(C)(C)C(=O)C(C)C)c1ccccc1-2. The second-order valence-corrected chi connectivity index (χ2v) is 14.2. The smallest absolute Gasteiger partial charge is 0.227 e. The number of benzene rings is 2. The zero-order valence-corrected chi connectivity index (χ0v) is 30.2. The molecule has 0 bridgehead atoms. The van der Waals surface area contributed by atoms with Gasteiger partial charge in [-0.3, -0.25) is 14.4 Å². The molecule has 0 saturated carbocycles. The number of carbonyl (C=O) groups excluding carboxylic acids is 3. The summed E-state index contributed by atoms with van der Waals surface area (Å²) in [6.45, 7) is 14.9. The van der Waals surface area contributed by atoms with E-state index in [2.05, 4.69) is 15.6 Å². The molecule has 2 amide bonds. The molecule has 0 fully saturated rings. The fourth-order valence-corrected chi connectivity index (χ4v) is 6.00. The van der Waals surface area contributed by atoms with E-state index in [9.17, 15) is 14.4 Å². The first-order valence-electron chi connectivity index (χ1n) is 17.3. The lowest BCUT2D eigenvalue weighted by molar-refractivity contribution is -0.138. The molecule has 1 N–H and O–H groups in total. The molecular formula is C38H53N5O6. The van der Waals surface area contributed by atoms with Crippen molar-refractivity contribution in [1.29, 1.82) is 0 Å². The predicted molar refractivity (Wildman–Crippen MR) is 190 cm³/mol. The molecule has 11 heteroatoms. The van der Waals surface area contributed by atoms with Gasteiger partial charge in [0.25, 0.3) is 0 Å².